The second-order valence-corrected chi connectivity index (χ2v) is 5.78. The van der Waals surface area contributed by atoms with E-state index in [-0.39, 0.29) is 5.91 Å². The van der Waals surface area contributed by atoms with Crippen molar-refractivity contribution >= 4 is 23.2 Å². The number of carbonyl (C=O) groups is 1. The van der Waals surface area contributed by atoms with Crippen LogP contribution in [0.3, 0.4) is 0 Å². The highest BCUT2D eigenvalue weighted by atomic mass is 32.1. The Morgan fingerprint density at radius 2 is 2.12 bits per heavy atom. The SMILES string of the molecule is CC1(C)C(=O)NCCN1C(=S)NC1CCCC1. The summed E-state index contributed by atoms with van der Waals surface area (Å²) in [7, 11) is 0. The van der Waals surface area contributed by atoms with Gasteiger partial charge in [0.1, 0.15) is 5.54 Å². The summed E-state index contributed by atoms with van der Waals surface area (Å²) in [6, 6.07) is 0.503. The van der Waals surface area contributed by atoms with Gasteiger partial charge in [0.2, 0.25) is 5.91 Å². The third-order valence-corrected chi connectivity index (χ3v) is 4.12. The average Bonchev–Trinajstić information content (AvgIpc) is 2.74. The zero-order chi connectivity index (χ0) is 12.5. The van der Waals surface area contributed by atoms with Crippen molar-refractivity contribution in [3.05, 3.63) is 0 Å². The Morgan fingerprint density at radius 3 is 2.76 bits per heavy atom. The summed E-state index contributed by atoms with van der Waals surface area (Å²) < 4.78 is 0. The molecule has 0 atom stereocenters. The van der Waals surface area contributed by atoms with Gasteiger partial charge in [-0.1, -0.05) is 12.8 Å². The maximum absolute atomic E-state index is 11.8. The minimum Gasteiger partial charge on any atom is -0.360 e. The van der Waals surface area contributed by atoms with Crippen molar-refractivity contribution in [1.29, 1.82) is 0 Å². The topological polar surface area (TPSA) is 44.4 Å². The quantitative estimate of drug-likeness (QED) is 0.687. The van der Waals surface area contributed by atoms with Crippen LogP contribution in [0.15, 0.2) is 0 Å². The lowest BCUT2D eigenvalue weighted by molar-refractivity contribution is -0.132. The highest BCUT2D eigenvalue weighted by Crippen LogP contribution is 2.21. The van der Waals surface area contributed by atoms with E-state index in [4.69, 9.17) is 12.2 Å². The molecule has 4 nitrogen and oxygen atoms in total. The molecule has 0 radical (unpaired) electrons. The maximum atomic E-state index is 11.8. The van der Waals surface area contributed by atoms with Crippen LogP contribution in [0.5, 0.6) is 0 Å². The zero-order valence-corrected chi connectivity index (χ0v) is 11.4. The first-order chi connectivity index (χ1) is 8.01. The van der Waals surface area contributed by atoms with E-state index in [2.05, 4.69) is 10.6 Å². The monoisotopic (exact) mass is 255 g/mol. The van der Waals surface area contributed by atoms with E-state index >= 15 is 0 Å². The van der Waals surface area contributed by atoms with Crippen LogP contribution in [-0.2, 0) is 4.79 Å². The number of amides is 1. The van der Waals surface area contributed by atoms with E-state index in [1.54, 1.807) is 0 Å². The molecule has 1 saturated heterocycles. The number of nitrogens with one attached hydrogen (secondary N) is 2. The minimum absolute atomic E-state index is 0.0549. The van der Waals surface area contributed by atoms with E-state index in [1.807, 2.05) is 18.7 Å². The Hall–Kier alpha value is -0.840. The van der Waals surface area contributed by atoms with Gasteiger partial charge >= 0.3 is 0 Å². The Balaban J connectivity index is 1.99. The smallest absolute Gasteiger partial charge is 0.245 e. The Morgan fingerprint density at radius 1 is 1.47 bits per heavy atom. The van der Waals surface area contributed by atoms with Gasteiger partial charge in [-0.15, -0.1) is 0 Å². The van der Waals surface area contributed by atoms with Crippen LogP contribution in [0, 0.1) is 0 Å². The number of hydrogen-bond donors (Lipinski definition) is 2. The molecule has 2 rings (SSSR count). The molecule has 5 heteroatoms. The molecule has 0 aromatic heterocycles. The summed E-state index contributed by atoms with van der Waals surface area (Å²) in [4.78, 5) is 13.8. The van der Waals surface area contributed by atoms with Crippen molar-refractivity contribution in [1.82, 2.24) is 15.5 Å². The van der Waals surface area contributed by atoms with Gasteiger partial charge in [0.05, 0.1) is 0 Å². The van der Waals surface area contributed by atoms with Gasteiger partial charge in [0.15, 0.2) is 5.11 Å². The van der Waals surface area contributed by atoms with Gasteiger partial charge < -0.3 is 15.5 Å². The summed E-state index contributed by atoms with van der Waals surface area (Å²) in [5, 5.41) is 7.02. The summed E-state index contributed by atoms with van der Waals surface area (Å²) in [5.41, 5.74) is -0.541. The first kappa shape index (κ1) is 12.6. The summed E-state index contributed by atoms with van der Waals surface area (Å²) >= 11 is 5.45. The van der Waals surface area contributed by atoms with Crippen LogP contribution in [0.25, 0.3) is 0 Å². The first-order valence-electron chi connectivity index (χ1n) is 6.38. The largest absolute Gasteiger partial charge is 0.360 e. The second kappa shape index (κ2) is 4.80. The van der Waals surface area contributed by atoms with Crippen LogP contribution in [0.1, 0.15) is 39.5 Å². The number of rotatable bonds is 1. The third kappa shape index (κ3) is 2.54. The lowest BCUT2D eigenvalue weighted by Gasteiger charge is -2.43. The predicted octanol–water partition coefficient (Wildman–Crippen LogP) is 1.01. The van der Waals surface area contributed by atoms with Crippen LogP contribution < -0.4 is 10.6 Å². The normalized spacial score (nSPS) is 24.6. The summed E-state index contributed by atoms with van der Waals surface area (Å²) in [6.07, 6.45) is 4.95. The molecule has 96 valence electrons. The second-order valence-electron chi connectivity index (χ2n) is 5.40. The van der Waals surface area contributed by atoms with Crippen molar-refractivity contribution in [3.63, 3.8) is 0 Å². The Labute approximate surface area is 108 Å². The average molecular weight is 255 g/mol. The van der Waals surface area contributed by atoms with Gasteiger partial charge in [0, 0.05) is 19.1 Å². The molecular formula is C12H21N3OS. The fraction of sp³-hybridized carbons (Fsp3) is 0.833. The molecule has 2 N–H and O–H groups in total. The molecule has 2 aliphatic rings. The van der Waals surface area contributed by atoms with Crippen LogP contribution in [0.4, 0.5) is 0 Å². The molecular weight excluding hydrogens is 234 g/mol. The van der Waals surface area contributed by atoms with Gasteiger partial charge in [-0.3, -0.25) is 4.79 Å². The van der Waals surface area contributed by atoms with Crippen molar-refractivity contribution in [3.8, 4) is 0 Å². The number of thiocarbonyl (C=S) groups is 1. The third-order valence-electron chi connectivity index (χ3n) is 3.78. The van der Waals surface area contributed by atoms with Crippen LogP contribution >= 0.6 is 12.2 Å². The molecule has 1 aliphatic carbocycles. The highest BCUT2D eigenvalue weighted by Gasteiger charge is 2.39. The van der Waals surface area contributed by atoms with Gasteiger partial charge in [-0.2, -0.15) is 0 Å². The van der Waals surface area contributed by atoms with Crippen molar-refractivity contribution in [2.45, 2.75) is 51.1 Å². The summed E-state index contributed by atoms with van der Waals surface area (Å²) in [5.74, 6) is 0.0549. The standard InChI is InChI=1S/C12H21N3OS/c1-12(2)10(16)13-7-8-15(12)11(17)14-9-5-3-4-6-9/h9H,3-8H2,1-2H3,(H,13,16)(H,14,17). The molecule has 0 bridgehead atoms. The molecule has 1 saturated carbocycles. The van der Waals surface area contributed by atoms with Crippen LogP contribution in [0.2, 0.25) is 0 Å². The molecule has 0 spiro atoms. The lowest BCUT2D eigenvalue weighted by atomic mass is 10.00. The van der Waals surface area contributed by atoms with Gasteiger partial charge in [0.25, 0.3) is 0 Å². The number of hydrogen-bond acceptors (Lipinski definition) is 2. The van der Waals surface area contributed by atoms with Crippen molar-refractivity contribution in [2.24, 2.45) is 0 Å². The first-order valence-corrected chi connectivity index (χ1v) is 6.79. The van der Waals surface area contributed by atoms with Crippen molar-refractivity contribution < 1.29 is 4.79 Å². The molecule has 1 aliphatic heterocycles. The minimum atomic E-state index is -0.541. The van der Waals surface area contributed by atoms with E-state index in [0.717, 1.165) is 11.7 Å². The molecule has 2 fully saturated rings. The van der Waals surface area contributed by atoms with Gasteiger partial charge in [-0.25, -0.2) is 0 Å². The van der Waals surface area contributed by atoms with Gasteiger partial charge in [-0.05, 0) is 38.9 Å². The molecule has 0 aromatic carbocycles. The van der Waals surface area contributed by atoms with E-state index in [9.17, 15) is 4.79 Å². The van der Waals surface area contributed by atoms with Crippen LogP contribution in [-0.4, -0.2) is 40.6 Å². The van der Waals surface area contributed by atoms with E-state index in [1.165, 1.54) is 25.7 Å². The Bertz CT molecular complexity index is 324. The maximum Gasteiger partial charge on any atom is 0.245 e. The van der Waals surface area contributed by atoms with E-state index in [0.29, 0.717) is 12.6 Å². The van der Waals surface area contributed by atoms with Crippen molar-refractivity contribution in [2.75, 3.05) is 13.1 Å². The lowest BCUT2D eigenvalue weighted by Crippen LogP contribution is -2.65. The fourth-order valence-corrected chi connectivity index (χ4v) is 3.06. The summed E-state index contributed by atoms with van der Waals surface area (Å²) in [6.45, 7) is 5.31. The number of carbonyl (C=O) groups excluding carboxylic acids is 1. The Kier molecular flexibility index (Phi) is 3.56. The molecule has 0 unspecified atom stereocenters. The molecule has 17 heavy (non-hydrogen) atoms. The predicted molar refractivity (Wildman–Crippen MR) is 71.8 cm³/mol. The van der Waals surface area contributed by atoms with E-state index < -0.39 is 5.54 Å². The molecule has 0 aromatic rings. The number of nitrogens with zero attached hydrogens (tertiary/aromatic N) is 1. The molecule has 1 amide bonds. The zero-order valence-electron chi connectivity index (χ0n) is 10.6. The number of piperazine rings is 1. The fourth-order valence-electron chi connectivity index (χ4n) is 2.58. The molecule has 1 heterocycles. The highest BCUT2D eigenvalue weighted by molar-refractivity contribution is 7.80.